The van der Waals surface area contributed by atoms with Crippen LogP contribution in [0.2, 0.25) is 0 Å². The van der Waals surface area contributed by atoms with E-state index in [1.54, 1.807) is 0 Å². The third-order valence-corrected chi connectivity index (χ3v) is 11.0. The Bertz CT molecular complexity index is 2150. The summed E-state index contributed by atoms with van der Waals surface area (Å²) in [6, 6.07) is 50.4. The van der Waals surface area contributed by atoms with E-state index in [1.807, 2.05) is 109 Å². The first-order chi connectivity index (χ1) is 20.7. The number of para-hydroxylation sites is 4. The Balaban J connectivity index is 1.29. The summed E-state index contributed by atoms with van der Waals surface area (Å²) >= 11 is 0. The number of rotatable bonds is 4. The Hall–Kier alpha value is -5.18. The van der Waals surface area contributed by atoms with Crippen molar-refractivity contribution in [2.75, 3.05) is 0 Å². The van der Waals surface area contributed by atoms with Gasteiger partial charge < -0.3 is 9.30 Å². The first kappa shape index (κ1) is 24.6. The molecule has 4 nitrogen and oxygen atoms in total. The number of benzene rings is 6. The van der Waals surface area contributed by atoms with Crippen molar-refractivity contribution in [3.8, 4) is 39.7 Å². The molecule has 0 aliphatic carbocycles. The molecule has 200 valence electrons. The molecule has 0 saturated carbocycles. The van der Waals surface area contributed by atoms with Crippen LogP contribution in [-0.2, 0) is 4.57 Å². The molecule has 6 aromatic carbocycles. The lowest BCUT2D eigenvalue weighted by molar-refractivity contribution is 0.485. The molecule has 0 amide bonds. The van der Waals surface area contributed by atoms with Crippen molar-refractivity contribution in [1.29, 1.82) is 0 Å². The number of ether oxygens (including phenoxy) is 1. The van der Waals surface area contributed by atoms with E-state index in [4.69, 9.17) is 9.72 Å². The lowest BCUT2D eigenvalue weighted by Gasteiger charge is -2.29. The van der Waals surface area contributed by atoms with Gasteiger partial charge in [0, 0.05) is 16.6 Å². The quantitative estimate of drug-likeness (QED) is 0.204. The van der Waals surface area contributed by atoms with Crippen LogP contribution >= 0.6 is 7.14 Å². The number of fused-ring (bicyclic) bond motifs is 3. The van der Waals surface area contributed by atoms with Crippen molar-refractivity contribution in [2.24, 2.45) is 0 Å². The Morgan fingerprint density at radius 2 is 1.21 bits per heavy atom. The van der Waals surface area contributed by atoms with Gasteiger partial charge in [0.2, 0.25) is 0 Å². The fourth-order valence-corrected chi connectivity index (χ4v) is 8.78. The molecular weight excluding hydrogens is 535 g/mol. The van der Waals surface area contributed by atoms with Gasteiger partial charge in [-0.05, 0) is 65.7 Å². The molecule has 0 N–H and O–H groups in total. The summed E-state index contributed by atoms with van der Waals surface area (Å²) in [7, 11) is -3.17. The van der Waals surface area contributed by atoms with Crippen LogP contribution in [0.3, 0.4) is 0 Å². The highest BCUT2D eigenvalue weighted by Gasteiger charge is 2.39. The summed E-state index contributed by atoms with van der Waals surface area (Å²) in [5.41, 5.74) is 6.03. The predicted octanol–water partition coefficient (Wildman–Crippen LogP) is 8.10. The maximum absolute atomic E-state index is 15.2. The van der Waals surface area contributed by atoms with E-state index in [2.05, 4.69) is 47.0 Å². The number of hydrogen-bond donors (Lipinski definition) is 0. The third-order valence-electron chi connectivity index (χ3n) is 7.87. The van der Waals surface area contributed by atoms with Crippen LogP contribution in [0.5, 0.6) is 11.5 Å². The molecule has 2 heterocycles. The summed E-state index contributed by atoms with van der Waals surface area (Å²) in [6.07, 6.45) is 0. The van der Waals surface area contributed by atoms with E-state index in [9.17, 15) is 0 Å². The molecule has 8 rings (SSSR count). The van der Waals surface area contributed by atoms with Gasteiger partial charge in [-0.3, -0.25) is 4.57 Å². The molecule has 0 spiro atoms. The van der Waals surface area contributed by atoms with Gasteiger partial charge in [-0.25, -0.2) is 4.98 Å². The number of hydrogen-bond acceptors (Lipinski definition) is 3. The first-order valence-electron chi connectivity index (χ1n) is 13.9. The molecular formula is C37H25N2O2P. The van der Waals surface area contributed by atoms with Gasteiger partial charge in [-0.2, -0.15) is 0 Å². The minimum Gasteiger partial charge on any atom is -0.456 e. The highest BCUT2D eigenvalue weighted by atomic mass is 31.2. The van der Waals surface area contributed by atoms with Gasteiger partial charge in [-0.15, -0.1) is 0 Å². The van der Waals surface area contributed by atoms with Crippen molar-refractivity contribution >= 4 is 34.1 Å². The highest BCUT2D eigenvalue weighted by molar-refractivity contribution is 7.85. The molecule has 1 aromatic heterocycles. The van der Waals surface area contributed by atoms with Crippen LogP contribution < -0.4 is 20.7 Å². The molecule has 5 heteroatoms. The molecule has 1 unspecified atom stereocenters. The van der Waals surface area contributed by atoms with Crippen LogP contribution in [0, 0.1) is 0 Å². The van der Waals surface area contributed by atoms with Crippen molar-refractivity contribution < 1.29 is 9.30 Å². The van der Waals surface area contributed by atoms with Gasteiger partial charge in [-0.1, -0.05) is 97.1 Å². The Labute approximate surface area is 243 Å². The summed E-state index contributed by atoms with van der Waals surface area (Å²) < 4.78 is 23.7. The molecule has 0 fully saturated rings. The zero-order valence-corrected chi connectivity index (χ0v) is 23.5. The molecule has 0 radical (unpaired) electrons. The molecule has 42 heavy (non-hydrogen) atoms. The maximum atomic E-state index is 15.2. The van der Waals surface area contributed by atoms with E-state index in [-0.39, 0.29) is 0 Å². The van der Waals surface area contributed by atoms with E-state index in [1.165, 1.54) is 0 Å². The molecule has 1 atom stereocenters. The lowest BCUT2D eigenvalue weighted by atomic mass is 10.0. The van der Waals surface area contributed by atoms with Crippen molar-refractivity contribution in [1.82, 2.24) is 9.55 Å². The monoisotopic (exact) mass is 560 g/mol. The Kier molecular flexibility index (Phi) is 5.70. The standard InChI is InChI=1S/C37H25N2O2P/c40-42(30-16-5-2-6-17-30)35-21-10-9-20-33(35)41-34-23-22-27(25-36(34)42)26-12-11-13-28(24-26)37-38-31-18-7-8-19-32(31)39(37)29-14-3-1-4-15-29/h1-25H. The van der Waals surface area contributed by atoms with E-state index >= 15 is 4.57 Å². The second-order valence-electron chi connectivity index (χ2n) is 10.4. The molecule has 0 bridgehead atoms. The minimum atomic E-state index is -3.17. The molecule has 7 aromatic rings. The smallest absolute Gasteiger partial charge is 0.178 e. The van der Waals surface area contributed by atoms with Crippen molar-refractivity contribution in [3.05, 3.63) is 152 Å². The van der Waals surface area contributed by atoms with Gasteiger partial charge in [0.15, 0.2) is 7.14 Å². The third kappa shape index (κ3) is 3.84. The Morgan fingerprint density at radius 1 is 0.548 bits per heavy atom. The normalized spacial score (nSPS) is 15.5. The van der Waals surface area contributed by atoms with Gasteiger partial charge in [0.05, 0.1) is 21.6 Å². The van der Waals surface area contributed by atoms with Crippen LogP contribution in [0.15, 0.2) is 152 Å². The predicted molar refractivity (Wildman–Crippen MR) is 171 cm³/mol. The fourth-order valence-electron chi connectivity index (χ4n) is 5.89. The summed E-state index contributed by atoms with van der Waals surface area (Å²) in [4.78, 5) is 5.05. The van der Waals surface area contributed by atoms with Crippen molar-refractivity contribution in [2.45, 2.75) is 0 Å². The summed E-state index contributed by atoms with van der Waals surface area (Å²) in [5, 5.41) is 2.24. The van der Waals surface area contributed by atoms with E-state index in [0.717, 1.165) is 49.8 Å². The summed E-state index contributed by atoms with van der Waals surface area (Å²) in [5.74, 6) is 2.15. The van der Waals surface area contributed by atoms with Gasteiger partial charge in [0.25, 0.3) is 0 Å². The van der Waals surface area contributed by atoms with Gasteiger partial charge >= 0.3 is 0 Å². The van der Waals surface area contributed by atoms with Crippen LogP contribution in [-0.4, -0.2) is 9.55 Å². The first-order valence-corrected chi connectivity index (χ1v) is 15.6. The van der Waals surface area contributed by atoms with Crippen LogP contribution in [0.1, 0.15) is 0 Å². The van der Waals surface area contributed by atoms with Crippen molar-refractivity contribution in [3.63, 3.8) is 0 Å². The van der Waals surface area contributed by atoms with E-state index in [0.29, 0.717) is 16.8 Å². The van der Waals surface area contributed by atoms with Gasteiger partial charge in [0.1, 0.15) is 17.3 Å². The SMILES string of the molecule is O=P1(c2ccccc2)c2ccccc2Oc2ccc(-c3cccc(-c4nc5ccccc5n4-c4ccccc4)c3)cc21. The minimum absolute atomic E-state index is 0.631. The number of aromatic nitrogens is 2. The highest BCUT2D eigenvalue weighted by Crippen LogP contribution is 2.52. The second-order valence-corrected chi connectivity index (χ2v) is 13.1. The number of nitrogens with zero attached hydrogens (tertiary/aromatic N) is 2. The van der Waals surface area contributed by atoms with Crippen LogP contribution in [0.4, 0.5) is 0 Å². The average molecular weight is 561 g/mol. The fraction of sp³-hybridized carbons (Fsp3) is 0. The number of imidazole rings is 1. The molecule has 1 aliphatic heterocycles. The zero-order valence-electron chi connectivity index (χ0n) is 22.6. The largest absolute Gasteiger partial charge is 0.456 e. The maximum Gasteiger partial charge on any atom is 0.178 e. The second kappa shape index (κ2) is 9.73. The average Bonchev–Trinajstić information content (AvgIpc) is 3.45. The van der Waals surface area contributed by atoms with Crippen LogP contribution in [0.25, 0.3) is 39.2 Å². The lowest BCUT2D eigenvalue weighted by Crippen LogP contribution is -2.30. The Morgan fingerprint density at radius 3 is 2.07 bits per heavy atom. The topological polar surface area (TPSA) is 44.1 Å². The van der Waals surface area contributed by atoms with E-state index < -0.39 is 7.14 Å². The molecule has 1 aliphatic rings. The zero-order chi connectivity index (χ0) is 28.1. The summed E-state index contributed by atoms with van der Waals surface area (Å²) in [6.45, 7) is 0. The molecule has 0 saturated heterocycles.